The molecule has 0 fully saturated rings. The van der Waals surface area contributed by atoms with Gasteiger partial charge in [-0.05, 0) is 28.1 Å². The number of benzene rings is 1. The van der Waals surface area contributed by atoms with E-state index in [-0.39, 0.29) is 5.56 Å². The highest BCUT2D eigenvalue weighted by Gasteiger charge is 2.12. The van der Waals surface area contributed by atoms with Gasteiger partial charge >= 0.3 is 0 Å². The van der Waals surface area contributed by atoms with E-state index >= 15 is 0 Å². The summed E-state index contributed by atoms with van der Waals surface area (Å²) in [6.45, 7) is 0. The van der Waals surface area contributed by atoms with Crippen LogP contribution in [0.25, 0.3) is 10.9 Å². The molecule has 106 valence electrons. The van der Waals surface area contributed by atoms with Crippen LogP contribution in [0.5, 0.6) is 0 Å². The fourth-order valence-electron chi connectivity index (χ4n) is 1.78. The van der Waals surface area contributed by atoms with Crippen molar-refractivity contribution in [2.75, 3.05) is 0 Å². The number of fused-ring (bicyclic) bond motifs is 1. The monoisotopic (exact) mass is 382 g/mol. The van der Waals surface area contributed by atoms with Crippen LogP contribution in [0.2, 0.25) is 5.02 Å². The van der Waals surface area contributed by atoms with Crippen molar-refractivity contribution in [3.05, 3.63) is 50.8 Å². The Balaban J connectivity index is 2.11. The van der Waals surface area contributed by atoms with Crippen molar-refractivity contribution in [2.45, 2.75) is 9.92 Å². The van der Waals surface area contributed by atoms with Crippen LogP contribution in [-0.2, 0) is 7.05 Å². The summed E-state index contributed by atoms with van der Waals surface area (Å²) in [6.07, 6.45) is 4.72. The molecule has 0 atom stereocenters. The van der Waals surface area contributed by atoms with Gasteiger partial charge in [-0.2, -0.15) is 0 Å². The largest absolute Gasteiger partial charge is 0.302 e. The zero-order valence-electron chi connectivity index (χ0n) is 10.7. The lowest BCUT2D eigenvalue weighted by Crippen LogP contribution is -2.17. The average Bonchev–Trinajstić information content (AvgIpc) is 2.48. The first kappa shape index (κ1) is 14.5. The van der Waals surface area contributed by atoms with Crippen LogP contribution in [-0.4, -0.2) is 19.5 Å². The average molecular weight is 384 g/mol. The number of hydrogen-bond acceptors (Lipinski definition) is 5. The Morgan fingerprint density at radius 3 is 2.76 bits per heavy atom. The third kappa shape index (κ3) is 2.81. The molecule has 0 spiro atoms. The Labute approximate surface area is 137 Å². The molecule has 0 saturated carbocycles. The van der Waals surface area contributed by atoms with Gasteiger partial charge in [0.2, 0.25) is 0 Å². The van der Waals surface area contributed by atoms with Crippen LogP contribution < -0.4 is 5.56 Å². The van der Waals surface area contributed by atoms with Crippen molar-refractivity contribution in [1.29, 1.82) is 0 Å². The van der Waals surface area contributed by atoms with Crippen LogP contribution >= 0.6 is 39.3 Å². The molecule has 1 aromatic carbocycles. The third-order valence-corrected chi connectivity index (χ3v) is 4.69. The zero-order chi connectivity index (χ0) is 15.0. The molecule has 0 saturated heterocycles. The van der Waals surface area contributed by atoms with Crippen molar-refractivity contribution in [3.63, 3.8) is 0 Å². The Bertz CT molecular complexity index is 882. The first-order chi connectivity index (χ1) is 10.1. The lowest BCUT2D eigenvalue weighted by Gasteiger charge is -2.07. The highest BCUT2D eigenvalue weighted by Crippen LogP contribution is 2.35. The van der Waals surface area contributed by atoms with Gasteiger partial charge in [-0.15, -0.1) is 0 Å². The maximum atomic E-state index is 12.2. The van der Waals surface area contributed by atoms with Gasteiger partial charge in [0.15, 0.2) is 0 Å². The second-order valence-electron chi connectivity index (χ2n) is 4.21. The molecular weight excluding hydrogens is 376 g/mol. The van der Waals surface area contributed by atoms with Gasteiger partial charge in [0.1, 0.15) is 9.63 Å². The second-order valence-corrected chi connectivity index (χ2v) is 6.46. The van der Waals surface area contributed by atoms with E-state index in [9.17, 15) is 4.79 Å². The molecule has 3 aromatic rings. The smallest absolute Gasteiger partial charge is 0.262 e. The molecular formula is C13H8BrClN4OS. The lowest BCUT2D eigenvalue weighted by molar-refractivity contribution is 0.842. The van der Waals surface area contributed by atoms with Gasteiger partial charge in [0.05, 0.1) is 34.6 Å². The van der Waals surface area contributed by atoms with E-state index in [4.69, 9.17) is 11.6 Å². The minimum Gasteiger partial charge on any atom is -0.302 e. The molecule has 0 amide bonds. The topological polar surface area (TPSA) is 60.7 Å². The quantitative estimate of drug-likeness (QED) is 0.679. The molecule has 8 heteroatoms. The summed E-state index contributed by atoms with van der Waals surface area (Å²) in [5.74, 6) is 0. The van der Waals surface area contributed by atoms with Crippen LogP contribution in [0.4, 0.5) is 0 Å². The minimum absolute atomic E-state index is 0.172. The van der Waals surface area contributed by atoms with E-state index in [0.29, 0.717) is 25.6 Å². The van der Waals surface area contributed by atoms with Crippen molar-refractivity contribution in [1.82, 2.24) is 19.5 Å². The Morgan fingerprint density at radius 2 is 2.05 bits per heavy atom. The highest BCUT2D eigenvalue weighted by atomic mass is 79.9. The van der Waals surface area contributed by atoms with E-state index in [1.54, 1.807) is 25.5 Å². The highest BCUT2D eigenvalue weighted by molar-refractivity contribution is 9.10. The van der Waals surface area contributed by atoms with E-state index in [0.717, 1.165) is 4.90 Å². The number of nitrogens with zero attached hydrogens (tertiary/aromatic N) is 4. The molecule has 0 unspecified atom stereocenters. The third-order valence-electron chi connectivity index (χ3n) is 2.80. The van der Waals surface area contributed by atoms with E-state index < -0.39 is 0 Å². The van der Waals surface area contributed by atoms with E-state index in [2.05, 4.69) is 30.9 Å². The standard InChI is InChI=1S/C13H8BrClN4OS/c1-19-6-18-7-2-3-8(12(15)11(7)13(19)20)21-10-5-16-9(14)4-17-10/h2-6H,1H3. The number of rotatable bonds is 2. The molecule has 2 aromatic heterocycles. The van der Waals surface area contributed by atoms with Crippen molar-refractivity contribution in [3.8, 4) is 0 Å². The van der Waals surface area contributed by atoms with E-state index in [1.807, 2.05) is 6.07 Å². The first-order valence-corrected chi connectivity index (χ1v) is 7.84. The number of aryl methyl sites for hydroxylation is 1. The zero-order valence-corrected chi connectivity index (χ0v) is 13.9. The first-order valence-electron chi connectivity index (χ1n) is 5.85. The summed E-state index contributed by atoms with van der Waals surface area (Å²) < 4.78 is 2.07. The predicted octanol–water partition coefficient (Wildman–Crippen LogP) is 3.29. The van der Waals surface area contributed by atoms with Gasteiger partial charge < -0.3 is 4.57 Å². The maximum absolute atomic E-state index is 12.2. The van der Waals surface area contributed by atoms with Crippen molar-refractivity contribution < 1.29 is 0 Å². The maximum Gasteiger partial charge on any atom is 0.262 e. The molecule has 0 aliphatic heterocycles. The number of aromatic nitrogens is 4. The molecule has 0 radical (unpaired) electrons. The molecule has 0 aliphatic carbocycles. The van der Waals surface area contributed by atoms with Gasteiger partial charge in [0.25, 0.3) is 5.56 Å². The lowest BCUT2D eigenvalue weighted by atomic mass is 10.2. The summed E-state index contributed by atoms with van der Waals surface area (Å²) in [7, 11) is 1.64. The normalized spacial score (nSPS) is 11.0. The summed E-state index contributed by atoms with van der Waals surface area (Å²) in [6, 6.07) is 3.60. The van der Waals surface area contributed by atoms with Gasteiger partial charge in [-0.1, -0.05) is 23.4 Å². The predicted molar refractivity (Wildman–Crippen MR) is 85.8 cm³/mol. The van der Waals surface area contributed by atoms with Crippen molar-refractivity contribution in [2.24, 2.45) is 7.05 Å². The van der Waals surface area contributed by atoms with Crippen LogP contribution in [0, 0.1) is 0 Å². The fourth-order valence-corrected chi connectivity index (χ4v) is 3.11. The molecule has 0 N–H and O–H groups in total. The fraction of sp³-hybridized carbons (Fsp3) is 0.0769. The molecule has 0 aliphatic rings. The summed E-state index contributed by atoms with van der Waals surface area (Å²) in [5.41, 5.74) is 0.406. The molecule has 21 heavy (non-hydrogen) atoms. The van der Waals surface area contributed by atoms with E-state index in [1.165, 1.54) is 22.7 Å². The number of halogens is 2. The van der Waals surface area contributed by atoms with Crippen LogP contribution in [0.15, 0.2) is 50.2 Å². The molecule has 2 heterocycles. The Morgan fingerprint density at radius 1 is 1.24 bits per heavy atom. The van der Waals surface area contributed by atoms with Crippen LogP contribution in [0.3, 0.4) is 0 Å². The SMILES string of the molecule is Cn1cnc2ccc(Sc3cnc(Br)cn3)c(Cl)c2c1=O. The van der Waals surface area contributed by atoms with Gasteiger partial charge in [-0.25, -0.2) is 15.0 Å². The Hall–Kier alpha value is -1.44. The second kappa shape index (κ2) is 5.75. The molecule has 0 bridgehead atoms. The number of hydrogen-bond donors (Lipinski definition) is 0. The van der Waals surface area contributed by atoms with Crippen LogP contribution in [0.1, 0.15) is 0 Å². The summed E-state index contributed by atoms with van der Waals surface area (Å²) in [4.78, 5) is 25.5. The Kier molecular flexibility index (Phi) is 3.97. The summed E-state index contributed by atoms with van der Waals surface area (Å²) >= 11 is 11.0. The van der Waals surface area contributed by atoms with Crippen molar-refractivity contribution >= 4 is 50.2 Å². The summed E-state index contributed by atoms with van der Waals surface area (Å²) in [5, 5.41) is 1.49. The van der Waals surface area contributed by atoms with Gasteiger partial charge in [-0.3, -0.25) is 4.79 Å². The van der Waals surface area contributed by atoms with Gasteiger partial charge in [0, 0.05) is 11.9 Å². The molecule has 5 nitrogen and oxygen atoms in total. The molecule has 3 rings (SSSR count). The minimum atomic E-state index is -0.172.